The highest BCUT2D eigenvalue weighted by molar-refractivity contribution is 5.90. The average Bonchev–Trinajstić information content (AvgIpc) is 3.15. The molecule has 2 aromatic heterocycles. The third kappa shape index (κ3) is 2.04. The SMILES string of the molecule is Cn1c(=O)c2c(c3ccccc31)OC(N)=C(C#N)C2c1c[nH]c2ccccc12. The predicted octanol–water partition coefficient (Wildman–Crippen LogP) is 3.24. The minimum absolute atomic E-state index is 0.0312. The number of ether oxygens (including phenoxy) is 1. The normalized spacial score (nSPS) is 16.1. The molecule has 0 spiro atoms. The van der Waals surface area contributed by atoms with Gasteiger partial charge in [0.15, 0.2) is 0 Å². The Morgan fingerprint density at radius 1 is 1.14 bits per heavy atom. The summed E-state index contributed by atoms with van der Waals surface area (Å²) >= 11 is 0. The molecule has 136 valence electrons. The zero-order valence-corrected chi connectivity index (χ0v) is 15.1. The highest BCUT2D eigenvalue weighted by Gasteiger charge is 2.36. The number of aromatic nitrogens is 2. The molecule has 3 N–H and O–H groups in total. The molecule has 0 bridgehead atoms. The van der Waals surface area contributed by atoms with Crippen molar-refractivity contribution in [3.05, 3.63) is 87.7 Å². The van der Waals surface area contributed by atoms with E-state index in [1.54, 1.807) is 11.6 Å². The van der Waals surface area contributed by atoms with Gasteiger partial charge in [-0.15, -0.1) is 0 Å². The summed E-state index contributed by atoms with van der Waals surface area (Å²) in [4.78, 5) is 16.6. The fourth-order valence-electron chi connectivity index (χ4n) is 4.07. The fraction of sp³-hybridized carbons (Fsp3) is 0.0909. The Labute approximate surface area is 160 Å². The van der Waals surface area contributed by atoms with Crippen molar-refractivity contribution in [2.24, 2.45) is 12.8 Å². The first-order valence-electron chi connectivity index (χ1n) is 8.87. The number of hydrogen-bond acceptors (Lipinski definition) is 4. The van der Waals surface area contributed by atoms with Crippen LogP contribution in [0.2, 0.25) is 0 Å². The summed E-state index contributed by atoms with van der Waals surface area (Å²) in [6.07, 6.45) is 1.84. The van der Waals surface area contributed by atoms with Crippen LogP contribution in [-0.4, -0.2) is 9.55 Å². The number of H-pyrrole nitrogens is 1. The first-order chi connectivity index (χ1) is 13.6. The van der Waals surface area contributed by atoms with Gasteiger partial charge in [0.05, 0.1) is 17.0 Å². The molecule has 6 nitrogen and oxygen atoms in total. The van der Waals surface area contributed by atoms with Crippen LogP contribution in [0.25, 0.3) is 21.8 Å². The topological polar surface area (TPSA) is 96.8 Å². The van der Waals surface area contributed by atoms with Crippen molar-refractivity contribution >= 4 is 21.8 Å². The van der Waals surface area contributed by atoms with Gasteiger partial charge in [0.1, 0.15) is 17.4 Å². The maximum absolute atomic E-state index is 13.3. The lowest BCUT2D eigenvalue weighted by Crippen LogP contribution is -2.31. The highest BCUT2D eigenvalue weighted by atomic mass is 16.5. The number of nitrogens with zero attached hydrogens (tertiary/aromatic N) is 2. The van der Waals surface area contributed by atoms with Gasteiger partial charge in [-0.1, -0.05) is 30.3 Å². The summed E-state index contributed by atoms with van der Waals surface area (Å²) < 4.78 is 7.43. The van der Waals surface area contributed by atoms with E-state index in [0.717, 1.165) is 27.4 Å². The second-order valence-corrected chi connectivity index (χ2v) is 6.84. The van der Waals surface area contributed by atoms with Crippen molar-refractivity contribution in [2.45, 2.75) is 5.92 Å². The van der Waals surface area contributed by atoms with Crippen molar-refractivity contribution in [3.8, 4) is 11.8 Å². The summed E-state index contributed by atoms with van der Waals surface area (Å²) in [5, 5.41) is 11.5. The summed E-state index contributed by atoms with van der Waals surface area (Å²) in [7, 11) is 1.73. The number of nitrogens with two attached hydrogens (primary N) is 1. The van der Waals surface area contributed by atoms with Crippen LogP contribution in [-0.2, 0) is 7.05 Å². The lowest BCUT2D eigenvalue weighted by molar-refractivity contribution is 0.396. The highest BCUT2D eigenvalue weighted by Crippen LogP contribution is 2.44. The number of para-hydroxylation sites is 2. The number of aryl methyl sites for hydroxylation is 1. The summed E-state index contributed by atoms with van der Waals surface area (Å²) in [6, 6.07) is 17.5. The van der Waals surface area contributed by atoms with Gasteiger partial charge in [-0.05, 0) is 23.8 Å². The Morgan fingerprint density at radius 3 is 2.64 bits per heavy atom. The molecule has 0 amide bonds. The molecule has 0 fully saturated rings. The van der Waals surface area contributed by atoms with Gasteiger partial charge >= 0.3 is 0 Å². The zero-order valence-electron chi connectivity index (χ0n) is 15.1. The van der Waals surface area contributed by atoms with E-state index in [4.69, 9.17) is 10.5 Å². The van der Waals surface area contributed by atoms with Crippen molar-refractivity contribution in [1.82, 2.24) is 9.55 Å². The van der Waals surface area contributed by atoms with E-state index in [0.29, 0.717) is 11.3 Å². The summed E-state index contributed by atoms with van der Waals surface area (Å²) in [5.41, 5.74) is 9.11. The van der Waals surface area contributed by atoms with Crippen LogP contribution < -0.4 is 16.0 Å². The van der Waals surface area contributed by atoms with E-state index in [1.807, 2.05) is 54.7 Å². The lowest BCUT2D eigenvalue weighted by atomic mass is 9.83. The molecule has 1 unspecified atom stereocenters. The minimum atomic E-state index is -0.604. The Balaban J connectivity index is 1.93. The predicted molar refractivity (Wildman–Crippen MR) is 107 cm³/mol. The number of aromatic amines is 1. The molecule has 6 heteroatoms. The maximum atomic E-state index is 13.3. The molecule has 0 aliphatic carbocycles. The number of benzene rings is 2. The minimum Gasteiger partial charge on any atom is -0.439 e. The molecule has 4 aromatic rings. The van der Waals surface area contributed by atoms with Crippen LogP contribution in [0.3, 0.4) is 0 Å². The largest absolute Gasteiger partial charge is 0.439 e. The van der Waals surface area contributed by atoms with Gasteiger partial charge in [-0.2, -0.15) is 5.26 Å². The smallest absolute Gasteiger partial charge is 0.258 e. The molecule has 3 heterocycles. The number of nitriles is 1. The van der Waals surface area contributed by atoms with Gasteiger partial charge < -0.3 is 20.0 Å². The number of rotatable bonds is 1. The van der Waals surface area contributed by atoms with Crippen LogP contribution in [0.1, 0.15) is 17.0 Å². The second kappa shape index (κ2) is 5.76. The van der Waals surface area contributed by atoms with Crippen molar-refractivity contribution in [2.75, 3.05) is 0 Å². The molecular weight excluding hydrogens is 352 g/mol. The van der Waals surface area contributed by atoms with E-state index in [2.05, 4.69) is 11.1 Å². The monoisotopic (exact) mass is 368 g/mol. The van der Waals surface area contributed by atoms with Gasteiger partial charge in [0, 0.05) is 29.5 Å². The van der Waals surface area contributed by atoms with Gasteiger partial charge in [0.2, 0.25) is 5.88 Å². The third-order valence-corrected chi connectivity index (χ3v) is 5.40. The molecule has 2 aromatic carbocycles. The summed E-state index contributed by atoms with van der Waals surface area (Å²) in [5.74, 6) is -0.151. The van der Waals surface area contributed by atoms with Gasteiger partial charge in [-0.3, -0.25) is 4.79 Å². The third-order valence-electron chi connectivity index (χ3n) is 5.40. The van der Waals surface area contributed by atoms with Crippen LogP contribution >= 0.6 is 0 Å². The standard InChI is InChI=1S/C22H16N4O2/c1-26-17-9-5-3-7-13(17)20-19(22(26)27)18(14(10-23)21(24)28-20)15-11-25-16-8-4-2-6-12(15)16/h2-9,11,18,25H,24H2,1H3. The Kier molecular flexibility index (Phi) is 3.34. The van der Waals surface area contributed by atoms with E-state index in [-0.39, 0.29) is 17.0 Å². The molecule has 5 rings (SSSR count). The number of pyridine rings is 1. The molecule has 28 heavy (non-hydrogen) atoms. The van der Waals surface area contributed by atoms with Crippen LogP contribution in [0.15, 0.2) is 71.0 Å². The quantitative estimate of drug-likeness (QED) is 0.539. The lowest BCUT2D eigenvalue weighted by Gasteiger charge is -2.27. The van der Waals surface area contributed by atoms with E-state index in [1.165, 1.54) is 0 Å². The molecule has 1 atom stereocenters. The summed E-state index contributed by atoms with van der Waals surface area (Å²) in [6.45, 7) is 0. The fourth-order valence-corrected chi connectivity index (χ4v) is 4.07. The Hall–Kier alpha value is -3.98. The molecule has 1 aliphatic heterocycles. The average molecular weight is 368 g/mol. The molecule has 0 saturated heterocycles. The van der Waals surface area contributed by atoms with Crippen LogP contribution in [0.4, 0.5) is 0 Å². The number of nitrogens with one attached hydrogen (secondary N) is 1. The van der Waals surface area contributed by atoms with Gasteiger partial charge in [0.25, 0.3) is 5.56 Å². The van der Waals surface area contributed by atoms with Gasteiger partial charge in [-0.25, -0.2) is 0 Å². The first-order valence-corrected chi connectivity index (χ1v) is 8.87. The van der Waals surface area contributed by atoms with E-state index < -0.39 is 5.92 Å². The van der Waals surface area contributed by atoms with Crippen molar-refractivity contribution in [1.29, 1.82) is 5.26 Å². The number of fused-ring (bicyclic) bond motifs is 4. The maximum Gasteiger partial charge on any atom is 0.258 e. The van der Waals surface area contributed by atoms with Crippen molar-refractivity contribution < 1.29 is 4.74 Å². The van der Waals surface area contributed by atoms with E-state index in [9.17, 15) is 10.1 Å². The first kappa shape index (κ1) is 16.2. The molecule has 1 aliphatic rings. The number of hydrogen-bond donors (Lipinski definition) is 2. The second-order valence-electron chi connectivity index (χ2n) is 6.84. The van der Waals surface area contributed by atoms with Crippen LogP contribution in [0.5, 0.6) is 5.75 Å². The Bertz CT molecular complexity index is 1400. The number of allylic oxidation sites excluding steroid dienone is 1. The zero-order chi connectivity index (χ0) is 19.4. The molecule has 0 saturated carbocycles. The van der Waals surface area contributed by atoms with E-state index >= 15 is 0 Å². The Morgan fingerprint density at radius 2 is 1.86 bits per heavy atom. The molecule has 0 radical (unpaired) electrons. The van der Waals surface area contributed by atoms with Crippen molar-refractivity contribution in [3.63, 3.8) is 0 Å². The molecular formula is C22H16N4O2. The van der Waals surface area contributed by atoms with Crippen LogP contribution in [0, 0.1) is 11.3 Å².